The number of aromatic nitrogens is 1. The molecule has 3 aromatic carbocycles. The molecule has 0 radical (unpaired) electrons. The van der Waals surface area contributed by atoms with Gasteiger partial charge in [0.05, 0.1) is 15.8 Å². The molecule has 0 aliphatic rings. The van der Waals surface area contributed by atoms with Gasteiger partial charge < -0.3 is 4.57 Å². The molecule has 0 spiro atoms. The highest BCUT2D eigenvalue weighted by Gasteiger charge is 2.34. The van der Waals surface area contributed by atoms with E-state index in [1.807, 2.05) is 12.1 Å². The van der Waals surface area contributed by atoms with Gasteiger partial charge in [0.1, 0.15) is 0 Å². The molecule has 1 heterocycles. The lowest BCUT2D eigenvalue weighted by Crippen LogP contribution is -2.24. The van der Waals surface area contributed by atoms with Crippen LogP contribution in [0.2, 0.25) is 0 Å². The third-order valence-corrected chi connectivity index (χ3v) is 8.79. The maximum atomic E-state index is 14.2. The second-order valence-electron chi connectivity index (χ2n) is 5.96. The van der Waals surface area contributed by atoms with E-state index in [1.54, 1.807) is 48.5 Å². The number of hydrogen-bond acceptors (Lipinski definition) is 3. The Morgan fingerprint density at radius 1 is 0.815 bits per heavy atom. The molecule has 4 rings (SSSR count). The van der Waals surface area contributed by atoms with Gasteiger partial charge in [0.2, 0.25) is 0 Å². The van der Waals surface area contributed by atoms with Crippen molar-refractivity contribution in [3.05, 3.63) is 84.4 Å². The summed E-state index contributed by atoms with van der Waals surface area (Å²) in [7, 11) is -3.28. The molecule has 0 saturated carbocycles. The van der Waals surface area contributed by atoms with Crippen molar-refractivity contribution in [1.82, 2.24) is 4.98 Å². The Labute approximate surface area is 157 Å². The van der Waals surface area contributed by atoms with Crippen molar-refractivity contribution in [3.63, 3.8) is 0 Å². The van der Waals surface area contributed by atoms with Gasteiger partial charge in [0, 0.05) is 10.6 Å². The topological polar surface area (TPSA) is 30.0 Å². The van der Waals surface area contributed by atoms with Crippen LogP contribution in [0.3, 0.4) is 0 Å². The van der Waals surface area contributed by atoms with Gasteiger partial charge in [-0.2, -0.15) is 13.2 Å². The van der Waals surface area contributed by atoms with Gasteiger partial charge in [0.15, 0.2) is 11.9 Å². The summed E-state index contributed by atoms with van der Waals surface area (Å²) in [6.45, 7) is 0. The minimum Gasteiger partial charge on any atom is -0.306 e. The normalized spacial score (nSPS) is 12.4. The summed E-state index contributed by atoms with van der Waals surface area (Å²) in [5.41, 5.74) is -0.557. The maximum Gasteiger partial charge on any atom is 0.416 e. The van der Waals surface area contributed by atoms with E-state index in [0.717, 1.165) is 12.1 Å². The summed E-state index contributed by atoms with van der Waals surface area (Å²) in [5.74, 6) is 0. The van der Waals surface area contributed by atoms with Gasteiger partial charge in [-0.05, 0) is 18.2 Å². The first-order valence-electron chi connectivity index (χ1n) is 8.09. The maximum absolute atomic E-state index is 14.2. The zero-order valence-corrected chi connectivity index (χ0v) is 15.6. The van der Waals surface area contributed by atoms with Crippen LogP contribution in [0, 0.1) is 0 Å². The molecule has 7 heteroatoms. The highest BCUT2D eigenvalue weighted by atomic mass is 32.1. The van der Waals surface area contributed by atoms with E-state index in [0.29, 0.717) is 20.1 Å². The van der Waals surface area contributed by atoms with Crippen molar-refractivity contribution in [2.24, 2.45) is 0 Å². The Morgan fingerprint density at radius 3 is 1.89 bits per heavy atom. The minimum absolute atomic E-state index is 0.205. The molecule has 0 saturated heterocycles. The summed E-state index contributed by atoms with van der Waals surface area (Å²) in [6, 6.07) is 21.3. The van der Waals surface area contributed by atoms with Crippen LogP contribution in [-0.2, 0) is 10.7 Å². The smallest absolute Gasteiger partial charge is 0.306 e. The molecular weight excluding hydrogens is 390 g/mol. The summed E-state index contributed by atoms with van der Waals surface area (Å²) in [6.07, 6.45) is -4.44. The number of nitrogens with zero attached hydrogens (tertiary/aromatic N) is 1. The van der Waals surface area contributed by atoms with Gasteiger partial charge in [0.25, 0.3) is 0 Å². The highest BCUT2D eigenvalue weighted by molar-refractivity contribution is 7.89. The molecule has 27 heavy (non-hydrogen) atoms. The van der Waals surface area contributed by atoms with Crippen LogP contribution >= 0.6 is 18.5 Å². The molecule has 1 aromatic heterocycles. The average Bonchev–Trinajstić information content (AvgIpc) is 3.12. The number of thiazole rings is 1. The molecule has 0 bridgehead atoms. The Kier molecular flexibility index (Phi) is 4.41. The predicted octanol–water partition coefficient (Wildman–Crippen LogP) is 4.95. The van der Waals surface area contributed by atoms with E-state index in [1.165, 1.54) is 17.4 Å². The number of fused-ring (bicyclic) bond motifs is 1. The fourth-order valence-corrected chi connectivity index (χ4v) is 7.17. The Bertz CT molecular complexity index is 1100. The molecule has 2 nitrogen and oxygen atoms in total. The van der Waals surface area contributed by atoms with Crippen LogP contribution in [-0.4, -0.2) is 4.98 Å². The van der Waals surface area contributed by atoms with Crippen LogP contribution in [0.15, 0.2) is 78.9 Å². The third kappa shape index (κ3) is 3.20. The van der Waals surface area contributed by atoms with Gasteiger partial charge in [-0.25, -0.2) is 4.98 Å². The van der Waals surface area contributed by atoms with E-state index in [4.69, 9.17) is 0 Å². The summed E-state index contributed by atoms with van der Waals surface area (Å²) >= 11 is 1.17. The molecule has 136 valence electrons. The van der Waals surface area contributed by atoms with E-state index in [2.05, 4.69) is 4.98 Å². The van der Waals surface area contributed by atoms with E-state index in [-0.39, 0.29) is 5.52 Å². The standard InChI is InChI=1S/C20H13F3NOPS/c21-20(22,23)14-11-12-18-17(13-14)24-19(27-18)26(25,15-7-3-1-4-8-15)16-9-5-2-6-10-16/h1-13H. The van der Waals surface area contributed by atoms with Crippen LogP contribution in [0.1, 0.15) is 5.56 Å². The van der Waals surface area contributed by atoms with Crippen LogP contribution in [0.25, 0.3) is 10.2 Å². The fraction of sp³-hybridized carbons (Fsp3) is 0.0500. The van der Waals surface area contributed by atoms with Crippen molar-refractivity contribution in [2.45, 2.75) is 6.18 Å². The average molecular weight is 403 g/mol. The molecule has 0 aliphatic carbocycles. The predicted molar refractivity (Wildman–Crippen MR) is 104 cm³/mol. The number of rotatable bonds is 3. The van der Waals surface area contributed by atoms with Crippen molar-refractivity contribution in [2.75, 3.05) is 0 Å². The van der Waals surface area contributed by atoms with Crippen molar-refractivity contribution >= 4 is 44.1 Å². The third-order valence-electron chi connectivity index (χ3n) is 4.21. The monoisotopic (exact) mass is 403 g/mol. The zero-order chi connectivity index (χ0) is 19.1. The zero-order valence-electron chi connectivity index (χ0n) is 13.9. The number of halogens is 3. The molecule has 0 unspecified atom stereocenters. The lowest BCUT2D eigenvalue weighted by atomic mass is 10.2. The van der Waals surface area contributed by atoms with Crippen molar-refractivity contribution in [1.29, 1.82) is 0 Å². The molecule has 0 fully saturated rings. The largest absolute Gasteiger partial charge is 0.416 e. The van der Waals surface area contributed by atoms with Gasteiger partial charge in [-0.15, -0.1) is 11.3 Å². The summed E-state index contributed by atoms with van der Waals surface area (Å²) in [5, 5.41) is 1.21. The van der Waals surface area contributed by atoms with E-state index >= 15 is 0 Å². The second kappa shape index (κ2) is 6.63. The molecule has 0 aliphatic heterocycles. The highest BCUT2D eigenvalue weighted by Crippen LogP contribution is 2.44. The van der Waals surface area contributed by atoms with Gasteiger partial charge in [-0.3, -0.25) is 0 Å². The van der Waals surface area contributed by atoms with Crippen LogP contribution < -0.4 is 15.4 Å². The number of alkyl halides is 3. The van der Waals surface area contributed by atoms with Crippen LogP contribution in [0.5, 0.6) is 0 Å². The Hall–Kier alpha value is -2.43. The minimum atomic E-state index is -4.44. The van der Waals surface area contributed by atoms with E-state index in [9.17, 15) is 17.7 Å². The first-order chi connectivity index (χ1) is 12.9. The van der Waals surface area contributed by atoms with Crippen LogP contribution in [0.4, 0.5) is 13.2 Å². The molecule has 0 atom stereocenters. The Morgan fingerprint density at radius 2 is 1.37 bits per heavy atom. The molecule has 0 amide bonds. The summed E-state index contributed by atoms with van der Waals surface area (Å²) in [4.78, 5) is 4.37. The first kappa shape index (κ1) is 18.0. The molecular formula is C20H13F3NOPS. The number of hydrogen-bond donors (Lipinski definition) is 0. The first-order valence-corrected chi connectivity index (χ1v) is 10.6. The summed E-state index contributed by atoms with van der Waals surface area (Å²) < 4.78 is 54.1. The van der Waals surface area contributed by atoms with Crippen molar-refractivity contribution < 1.29 is 17.7 Å². The van der Waals surface area contributed by atoms with Gasteiger partial charge in [-0.1, -0.05) is 60.7 Å². The SMILES string of the molecule is O=P(c1ccccc1)(c1ccccc1)c1nc2cc(C(F)(F)F)ccc2s1. The second-order valence-corrected chi connectivity index (χ2v) is 9.97. The lowest BCUT2D eigenvalue weighted by molar-refractivity contribution is -0.137. The fourth-order valence-electron chi connectivity index (χ4n) is 2.87. The quantitative estimate of drug-likeness (QED) is 0.453. The van der Waals surface area contributed by atoms with Crippen molar-refractivity contribution in [3.8, 4) is 0 Å². The van der Waals surface area contributed by atoms with Gasteiger partial charge >= 0.3 is 6.18 Å². The molecule has 4 aromatic rings. The Balaban J connectivity index is 1.95. The lowest BCUT2D eigenvalue weighted by Gasteiger charge is -2.16. The molecule has 0 N–H and O–H groups in total. The van der Waals surface area contributed by atoms with E-state index < -0.39 is 18.9 Å². The number of benzene rings is 3.